The first kappa shape index (κ1) is 21.9. The summed E-state index contributed by atoms with van der Waals surface area (Å²) in [7, 11) is -0.902. The molecule has 4 aromatic rings. The fourth-order valence-corrected chi connectivity index (χ4v) is 3.99. The highest BCUT2D eigenvalue weighted by molar-refractivity contribution is 7.92. The van der Waals surface area contributed by atoms with E-state index in [-0.39, 0.29) is 11.4 Å². The van der Waals surface area contributed by atoms with E-state index in [4.69, 9.17) is 8.85 Å². The number of anilines is 4. The fraction of sp³-hybridized carbons (Fsp3) is 0.192. The van der Waals surface area contributed by atoms with E-state index in [0.717, 1.165) is 0 Å². The SMILES string of the molecule is [2H]C([2H])([2H])CC(=O)c1cnc(Nc2ccccn2)cc1Nc1cccc(-c2cnc(N=S(C)(C)=O)cn2)c1OC. The second-order valence-corrected chi connectivity index (χ2v) is 10.6. The minimum absolute atomic E-state index is 0.101. The zero-order valence-corrected chi connectivity index (χ0v) is 21.2. The lowest BCUT2D eigenvalue weighted by Gasteiger charge is -2.17. The molecule has 0 saturated heterocycles. The van der Waals surface area contributed by atoms with Gasteiger partial charge < -0.3 is 15.4 Å². The number of nitrogens with zero attached hydrogens (tertiary/aromatic N) is 5. The molecule has 1 aromatic carbocycles. The number of carbonyl (C=O) groups is 1. The third-order valence-corrected chi connectivity index (χ3v) is 5.63. The average molecular weight is 521 g/mol. The van der Waals surface area contributed by atoms with E-state index >= 15 is 0 Å². The minimum Gasteiger partial charge on any atom is -0.494 e. The van der Waals surface area contributed by atoms with Crippen molar-refractivity contribution in [1.82, 2.24) is 19.9 Å². The van der Waals surface area contributed by atoms with Crippen molar-refractivity contribution >= 4 is 44.3 Å². The van der Waals surface area contributed by atoms with Gasteiger partial charge in [0.05, 0.1) is 42.1 Å². The van der Waals surface area contributed by atoms with Crippen molar-refractivity contribution in [3.05, 3.63) is 72.8 Å². The van der Waals surface area contributed by atoms with Gasteiger partial charge in [-0.25, -0.2) is 19.2 Å². The second kappa shape index (κ2) is 11.1. The highest BCUT2D eigenvalue weighted by Gasteiger charge is 2.17. The van der Waals surface area contributed by atoms with Gasteiger partial charge in [0.1, 0.15) is 11.6 Å². The normalized spacial score (nSPS) is 12.6. The molecule has 3 heterocycles. The molecule has 0 amide bonds. The number of hydrogen-bond donors (Lipinski definition) is 2. The molecular formula is C26H27N7O3S. The maximum Gasteiger partial charge on any atom is 0.180 e. The summed E-state index contributed by atoms with van der Waals surface area (Å²) < 4.78 is 44.4. The number of pyridine rings is 2. The summed E-state index contributed by atoms with van der Waals surface area (Å²) >= 11 is 0. The van der Waals surface area contributed by atoms with E-state index in [0.29, 0.717) is 40.0 Å². The number of ether oxygens (including phenoxy) is 1. The summed E-state index contributed by atoms with van der Waals surface area (Å²) in [5.41, 5.74) is 1.97. The van der Waals surface area contributed by atoms with Crippen LogP contribution >= 0.6 is 0 Å². The number of benzene rings is 1. The molecule has 0 saturated carbocycles. The molecule has 2 N–H and O–H groups in total. The Bertz CT molecular complexity index is 1630. The monoisotopic (exact) mass is 520 g/mol. The minimum atomic E-state index is -2.45. The first-order chi connectivity index (χ1) is 18.9. The Morgan fingerprint density at radius 1 is 1.00 bits per heavy atom. The molecule has 0 fully saturated rings. The van der Waals surface area contributed by atoms with Gasteiger partial charge in [-0.15, -0.1) is 0 Å². The van der Waals surface area contributed by atoms with Crippen LogP contribution in [0.5, 0.6) is 5.75 Å². The van der Waals surface area contributed by atoms with Crippen molar-refractivity contribution in [2.45, 2.75) is 13.3 Å². The van der Waals surface area contributed by atoms with Crippen LogP contribution in [0.15, 0.2) is 71.6 Å². The first-order valence-corrected chi connectivity index (χ1v) is 13.4. The summed E-state index contributed by atoms with van der Waals surface area (Å²) in [6.45, 7) is -2.45. The molecule has 37 heavy (non-hydrogen) atoms. The predicted molar refractivity (Wildman–Crippen MR) is 146 cm³/mol. The Balaban J connectivity index is 1.74. The Hall–Kier alpha value is -4.38. The summed E-state index contributed by atoms with van der Waals surface area (Å²) in [6, 6.07) is 12.2. The number of aromatic nitrogens is 4. The molecule has 0 aliphatic carbocycles. The summed E-state index contributed by atoms with van der Waals surface area (Å²) in [4.78, 5) is 30.1. The molecule has 0 atom stereocenters. The smallest absolute Gasteiger partial charge is 0.180 e. The molecule has 0 spiro atoms. The predicted octanol–water partition coefficient (Wildman–Crippen LogP) is 5.38. The number of Topliss-reactive ketones (excluding diaryl/α,β-unsaturated/α-hetero) is 1. The van der Waals surface area contributed by atoms with Crippen LogP contribution in [-0.4, -0.2) is 49.5 Å². The van der Waals surface area contributed by atoms with Crippen molar-refractivity contribution in [2.75, 3.05) is 30.3 Å². The Labute approximate surface area is 220 Å². The number of hydrogen-bond acceptors (Lipinski definition) is 10. The van der Waals surface area contributed by atoms with E-state index in [1.807, 2.05) is 6.07 Å². The fourth-order valence-electron chi connectivity index (χ4n) is 3.45. The van der Waals surface area contributed by atoms with E-state index in [1.165, 1.54) is 38.2 Å². The van der Waals surface area contributed by atoms with Gasteiger partial charge in [-0.05, 0) is 24.3 Å². The van der Waals surface area contributed by atoms with Gasteiger partial charge >= 0.3 is 0 Å². The zero-order valence-electron chi connectivity index (χ0n) is 23.4. The molecule has 11 heteroatoms. The van der Waals surface area contributed by atoms with E-state index in [2.05, 4.69) is 34.9 Å². The molecule has 0 aliphatic rings. The molecule has 0 bridgehead atoms. The van der Waals surface area contributed by atoms with Crippen LogP contribution in [0.3, 0.4) is 0 Å². The Morgan fingerprint density at radius 3 is 2.54 bits per heavy atom. The molecule has 0 unspecified atom stereocenters. The second-order valence-electron chi connectivity index (χ2n) is 8.10. The van der Waals surface area contributed by atoms with E-state index in [9.17, 15) is 9.00 Å². The van der Waals surface area contributed by atoms with Crippen molar-refractivity contribution in [3.63, 3.8) is 0 Å². The van der Waals surface area contributed by atoms with Crippen molar-refractivity contribution < 1.29 is 17.9 Å². The van der Waals surface area contributed by atoms with Gasteiger partial charge in [0.2, 0.25) is 0 Å². The molecular weight excluding hydrogens is 490 g/mol. The largest absolute Gasteiger partial charge is 0.494 e. The molecule has 190 valence electrons. The van der Waals surface area contributed by atoms with Gasteiger partial charge in [0, 0.05) is 56.8 Å². The van der Waals surface area contributed by atoms with E-state index in [1.54, 1.807) is 42.6 Å². The van der Waals surface area contributed by atoms with Gasteiger partial charge in [-0.1, -0.05) is 19.0 Å². The highest BCUT2D eigenvalue weighted by Crippen LogP contribution is 2.38. The third kappa shape index (κ3) is 6.44. The number of ketones is 1. The third-order valence-electron chi connectivity index (χ3n) is 5.00. The number of methoxy groups -OCH3 is 1. The van der Waals surface area contributed by atoms with Crippen LogP contribution in [0.25, 0.3) is 11.3 Å². The first-order valence-electron chi connectivity index (χ1n) is 12.6. The van der Waals surface area contributed by atoms with Gasteiger partial charge in [0.25, 0.3) is 0 Å². The van der Waals surface area contributed by atoms with Crippen LogP contribution in [0.4, 0.5) is 28.8 Å². The standard InChI is InChI=1S/C26H27N7O3S/c1-5-22(34)18-14-29-24(32-23-11-6-7-12-27-23)13-20(18)31-19-10-8-9-17(26(19)36-2)21-15-30-25(16-28-21)33-37(3,4)35/h6-16H,5H2,1-4H3,(H2,27,29,31,32)/i1D3. The summed E-state index contributed by atoms with van der Waals surface area (Å²) in [5, 5.41) is 6.27. The highest BCUT2D eigenvalue weighted by atomic mass is 32.2. The summed E-state index contributed by atoms with van der Waals surface area (Å²) in [5.74, 6) is 0.979. The Morgan fingerprint density at radius 2 is 1.86 bits per heavy atom. The quantitative estimate of drug-likeness (QED) is 0.279. The average Bonchev–Trinajstić information content (AvgIpc) is 2.88. The maximum absolute atomic E-state index is 13.0. The molecule has 0 aliphatic heterocycles. The number of para-hydroxylation sites is 1. The van der Waals surface area contributed by atoms with Crippen molar-refractivity contribution in [1.29, 1.82) is 0 Å². The van der Waals surface area contributed by atoms with Crippen LogP contribution < -0.4 is 15.4 Å². The van der Waals surface area contributed by atoms with Gasteiger partial charge in [0.15, 0.2) is 17.4 Å². The molecule has 10 nitrogen and oxygen atoms in total. The van der Waals surface area contributed by atoms with Crippen LogP contribution in [0.1, 0.15) is 27.7 Å². The Kier molecular flexibility index (Phi) is 6.58. The van der Waals surface area contributed by atoms with Crippen molar-refractivity contribution in [3.8, 4) is 17.0 Å². The number of carbonyl (C=O) groups excluding carboxylic acids is 1. The molecule has 3 aromatic heterocycles. The topological polar surface area (TPSA) is 131 Å². The van der Waals surface area contributed by atoms with Crippen LogP contribution in [0.2, 0.25) is 0 Å². The van der Waals surface area contributed by atoms with Gasteiger partial charge in [-0.2, -0.15) is 4.36 Å². The van der Waals surface area contributed by atoms with Gasteiger partial charge in [-0.3, -0.25) is 9.78 Å². The lowest BCUT2D eigenvalue weighted by atomic mass is 10.1. The number of nitrogens with one attached hydrogen (secondary N) is 2. The lowest BCUT2D eigenvalue weighted by Crippen LogP contribution is -2.07. The summed E-state index contributed by atoms with van der Waals surface area (Å²) in [6.07, 6.45) is 8.23. The zero-order chi connectivity index (χ0) is 28.9. The molecule has 0 radical (unpaired) electrons. The van der Waals surface area contributed by atoms with E-state index < -0.39 is 28.8 Å². The van der Waals surface area contributed by atoms with Crippen LogP contribution in [-0.2, 0) is 9.73 Å². The van der Waals surface area contributed by atoms with Crippen LogP contribution in [0, 0.1) is 0 Å². The maximum atomic E-state index is 13.0. The van der Waals surface area contributed by atoms with Crippen molar-refractivity contribution in [2.24, 2.45) is 4.36 Å². The molecule has 4 rings (SSSR count). The lowest BCUT2D eigenvalue weighted by molar-refractivity contribution is 0.0988. The number of rotatable bonds is 9.